The van der Waals surface area contributed by atoms with Gasteiger partial charge in [0, 0.05) is 7.05 Å². The van der Waals surface area contributed by atoms with Crippen LogP contribution in [0.15, 0.2) is 17.5 Å². The highest BCUT2D eigenvalue weighted by Crippen LogP contribution is 2.27. The lowest BCUT2D eigenvalue weighted by atomic mass is 10.4. The van der Waals surface area contributed by atoms with Crippen LogP contribution in [-0.2, 0) is 7.05 Å². The zero-order valence-corrected chi connectivity index (χ0v) is 8.93. The van der Waals surface area contributed by atoms with Crippen molar-refractivity contribution in [3.05, 3.63) is 28.4 Å². The first-order chi connectivity index (χ1) is 6.74. The fourth-order valence-electron chi connectivity index (χ4n) is 1.18. The van der Waals surface area contributed by atoms with E-state index in [2.05, 4.69) is 4.98 Å². The third-order valence-corrected chi connectivity index (χ3v) is 3.17. The number of nitriles is 1. The molecule has 0 aliphatic rings. The molecule has 0 saturated heterocycles. The predicted octanol–water partition coefficient (Wildman–Crippen LogP) is 2.67. The Kier molecular flexibility index (Phi) is 2.28. The number of thiophene rings is 1. The highest BCUT2D eigenvalue weighted by atomic mass is 35.5. The van der Waals surface area contributed by atoms with Crippen LogP contribution in [0.5, 0.6) is 0 Å². The summed E-state index contributed by atoms with van der Waals surface area (Å²) in [5, 5.41) is 11.1. The summed E-state index contributed by atoms with van der Waals surface area (Å²) in [4.78, 5) is 5.16. The fraction of sp³-hybridized carbons (Fsp3) is 0.111. The Bertz CT molecular complexity index is 493. The van der Waals surface area contributed by atoms with Crippen LogP contribution in [0.1, 0.15) is 5.69 Å². The van der Waals surface area contributed by atoms with Crippen LogP contribution in [0.4, 0.5) is 0 Å². The smallest absolute Gasteiger partial charge is 0.178 e. The van der Waals surface area contributed by atoms with Gasteiger partial charge in [0.15, 0.2) is 11.5 Å². The number of hydrogen-bond acceptors (Lipinski definition) is 3. The van der Waals surface area contributed by atoms with E-state index < -0.39 is 0 Å². The van der Waals surface area contributed by atoms with E-state index in [-0.39, 0.29) is 5.69 Å². The van der Waals surface area contributed by atoms with E-state index in [4.69, 9.17) is 16.9 Å². The molecule has 0 fully saturated rings. The fourth-order valence-corrected chi connectivity index (χ4v) is 2.09. The van der Waals surface area contributed by atoms with Gasteiger partial charge >= 0.3 is 0 Å². The molecular weight excluding hydrogens is 218 g/mol. The lowest BCUT2D eigenvalue weighted by Crippen LogP contribution is -1.90. The van der Waals surface area contributed by atoms with Crippen LogP contribution < -0.4 is 0 Å². The molecule has 0 spiro atoms. The topological polar surface area (TPSA) is 41.6 Å². The zero-order chi connectivity index (χ0) is 10.1. The van der Waals surface area contributed by atoms with Gasteiger partial charge in [0.1, 0.15) is 11.2 Å². The van der Waals surface area contributed by atoms with E-state index in [1.165, 1.54) is 0 Å². The van der Waals surface area contributed by atoms with Gasteiger partial charge in [0.25, 0.3) is 0 Å². The van der Waals surface area contributed by atoms with Crippen LogP contribution in [-0.4, -0.2) is 9.55 Å². The minimum Gasteiger partial charge on any atom is -0.316 e. The summed E-state index contributed by atoms with van der Waals surface area (Å²) in [6, 6.07) is 5.85. The SMILES string of the molecule is Cn1c(-c2cccs2)nc(C#N)c1Cl. The zero-order valence-electron chi connectivity index (χ0n) is 7.36. The minimum atomic E-state index is 0.276. The highest BCUT2D eigenvalue weighted by molar-refractivity contribution is 7.13. The normalized spacial score (nSPS) is 10.1. The Morgan fingerprint density at radius 1 is 1.64 bits per heavy atom. The Morgan fingerprint density at radius 2 is 2.43 bits per heavy atom. The number of aromatic nitrogens is 2. The van der Waals surface area contributed by atoms with Crippen molar-refractivity contribution in [3.63, 3.8) is 0 Å². The lowest BCUT2D eigenvalue weighted by Gasteiger charge is -1.97. The third kappa shape index (κ3) is 1.31. The van der Waals surface area contributed by atoms with Gasteiger partial charge in [-0.05, 0) is 11.4 Å². The van der Waals surface area contributed by atoms with Crippen molar-refractivity contribution < 1.29 is 0 Å². The average Bonchev–Trinajstić information content (AvgIpc) is 2.78. The van der Waals surface area contributed by atoms with E-state index in [0.29, 0.717) is 5.15 Å². The van der Waals surface area contributed by atoms with Gasteiger partial charge in [-0.1, -0.05) is 17.7 Å². The van der Waals surface area contributed by atoms with Gasteiger partial charge in [-0.2, -0.15) is 5.26 Å². The molecule has 70 valence electrons. The maximum absolute atomic E-state index is 8.75. The van der Waals surface area contributed by atoms with E-state index in [1.807, 2.05) is 23.6 Å². The van der Waals surface area contributed by atoms with Crippen LogP contribution in [0.25, 0.3) is 10.7 Å². The summed E-state index contributed by atoms with van der Waals surface area (Å²) >= 11 is 7.48. The van der Waals surface area contributed by atoms with Gasteiger partial charge in [-0.25, -0.2) is 4.98 Å². The Labute approximate surface area is 90.2 Å². The summed E-state index contributed by atoms with van der Waals surface area (Å²) < 4.78 is 1.71. The van der Waals surface area contributed by atoms with Crippen LogP contribution >= 0.6 is 22.9 Å². The molecule has 2 rings (SSSR count). The molecule has 0 aromatic carbocycles. The van der Waals surface area contributed by atoms with E-state index in [1.54, 1.807) is 23.0 Å². The maximum atomic E-state index is 8.75. The molecule has 5 heteroatoms. The second-order valence-electron chi connectivity index (χ2n) is 2.72. The Balaban J connectivity index is 2.62. The van der Waals surface area contributed by atoms with E-state index >= 15 is 0 Å². The quantitative estimate of drug-likeness (QED) is 0.746. The molecule has 14 heavy (non-hydrogen) atoms. The molecule has 0 amide bonds. The molecule has 0 unspecified atom stereocenters. The van der Waals surface area contributed by atoms with Crippen molar-refractivity contribution >= 4 is 22.9 Å². The van der Waals surface area contributed by atoms with Crippen molar-refractivity contribution in [1.82, 2.24) is 9.55 Å². The molecular formula is C9H6ClN3S. The molecule has 2 aromatic rings. The minimum absolute atomic E-state index is 0.276. The van der Waals surface area contributed by atoms with Crippen molar-refractivity contribution in [2.24, 2.45) is 7.05 Å². The lowest BCUT2D eigenvalue weighted by molar-refractivity contribution is 0.928. The van der Waals surface area contributed by atoms with Crippen molar-refractivity contribution in [2.75, 3.05) is 0 Å². The summed E-state index contributed by atoms with van der Waals surface area (Å²) in [7, 11) is 1.80. The van der Waals surface area contributed by atoms with Gasteiger partial charge in [0.05, 0.1) is 4.88 Å². The Hall–Kier alpha value is -1.31. The van der Waals surface area contributed by atoms with Gasteiger partial charge < -0.3 is 4.57 Å². The van der Waals surface area contributed by atoms with E-state index in [0.717, 1.165) is 10.7 Å². The molecule has 3 nitrogen and oxygen atoms in total. The molecule has 0 radical (unpaired) electrons. The molecule has 0 aliphatic carbocycles. The Morgan fingerprint density at radius 3 is 2.93 bits per heavy atom. The maximum Gasteiger partial charge on any atom is 0.178 e. The average molecular weight is 224 g/mol. The number of imidazole rings is 1. The first kappa shape index (κ1) is 9.25. The molecule has 0 N–H and O–H groups in total. The van der Waals surface area contributed by atoms with Gasteiger partial charge in [0.2, 0.25) is 0 Å². The van der Waals surface area contributed by atoms with E-state index in [9.17, 15) is 0 Å². The van der Waals surface area contributed by atoms with Crippen molar-refractivity contribution in [3.8, 4) is 16.8 Å². The molecule has 0 atom stereocenters. The second kappa shape index (κ2) is 3.45. The van der Waals surface area contributed by atoms with Crippen LogP contribution in [0.2, 0.25) is 5.15 Å². The summed E-state index contributed by atoms with van der Waals surface area (Å²) in [5.74, 6) is 0.738. The monoisotopic (exact) mass is 223 g/mol. The highest BCUT2D eigenvalue weighted by Gasteiger charge is 2.13. The first-order valence-corrected chi connectivity index (χ1v) is 5.16. The molecule has 0 saturated carbocycles. The van der Waals surface area contributed by atoms with Crippen LogP contribution in [0.3, 0.4) is 0 Å². The molecule has 2 aromatic heterocycles. The number of rotatable bonds is 1. The van der Waals surface area contributed by atoms with Gasteiger partial charge in [-0.3, -0.25) is 0 Å². The van der Waals surface area contributed by atoms with Crippen molar-refractivity contribution in [2.45, 2.75) is 0 Å². The molecule has 2 heterocycles. The van der Waals surface area contributed by atoms with Gasteiger partial charge in [-0.15, -0.1) is 11.3 Å². The molecule has 0 bridgehead atoms. The summed E-state index contributed by atoms with van der Waals surface area (Å²) in [5.41, 5.74) is 0.276. The largest absolute Gasteiger partial charge is 0.316 e. The second-order valence-corrected chi connectivity index (χ2v) is 4.03. The third-order valence-electron chi connectivity index (χ3n) is 1.87. The standard InChI is InChI=1S/C9H6ClN3S/c1-13-8(10)6(5-11)12-9(13)7-3-2-4-14-7/h2-4H,1H3. The van der Waals surface area contributed by atoms with Crippen LogP contribution in [0, 0.1) is 11.3 Å². The molecule has 0 aliphatic heterocycles. The predicted molar refractivity (Wildman–Crippen MR) is 56.2 cm³/mol. The number of hydrogen-bond donors (Lipinski definition) is 0. The van der Waals surface area contributed by atoms with Crippen molar-refractivity contribution in [1.29, 1.82) is 5.26 Å². The first-order valence-electron chi connectivity index (χ1n) is 3.90. The number of halogens is 1. The number of nitrogens with zero attached hydrogens (tertiary/aromatic N) is 3. The summed E-state index contributed by atoms with van der Waals surface area (Å²) in [6.45, 7) is 0. The summed E-state index contributed by atoms with van der Waals surface area (Å²) in [6.07, 6.45) is 0.